The van der Waals surface area contributed by atoms with Gasteiger partial charge in [0.05, 0.1) is 5.92 Å². The SMILES string of the molecule is CCCCCCCN(CC(C)C)CC(C)C(=O)O. The first-order valence-electron chi connectivity index (χ1n) is 7.42. The van der Waals surface area contributed by atoms with Crippen molar-refractivity contribution >= 4 is 5.97 Å². The van der Waals surface area contributed by atoms with Crippen LogP contribution in [0, 0.1) is 11.8 Å². The molecule has 0 aliphatic rings. The molecule has 1 N–H and O–H groups in total. The molecule has 0 heterocycles. The number of unbranched alkanes of at least 4 members (excludes halogenated alkanes) is 4. The molecule has 0 aliphatic heterocycles. The van der Waals surface area contributed by atoms with Crippen molar-refractivity contribution in [1.82, 2.24) is 4.90 Å². The molecule has 0 aromatic heterocycles. The van der Waals surface area contributed by atoms with Gasteiger partial charge in [0.1, 0.15) is 0 Å². The van der Waals surface area contributed by atoms with Crippen molar-refractivity contribution in [3.8, 4) is 0 Å². The molecule has 0 fully saturated rings. The van der Waals surface area contributed by atoms with E-state index in [4.69, 9.17) is 5.11 Å². The minimum Gasteiger partial charge on any atom is -0.481 e. The van der Waals surface area contributed by atoms with Gasteiger partial charge in [0.15, 0.2) is 0 Å². The summed E-state index contributed by atoms with van der Waals surface area (Å²) in [4.78, 5) is 13.2. The van der Waals surface area contributed by atoms with Crippen molar-refractivity contribution in [2.75, 3.05) is 19.6 Å². The molecule has 0 aromatic carbocycles. The van der Waals surface area contributed by atoms with Crippen LogP contribution in [0.15, 0.2) is 0 Å². The van der Waals surface area contributed by atoms with Crippen molar-refractivity contribution in [1.29, 1.82) is 0 Å². The van der Waals surface area contributed by atoms with Gasteiger partial charge in [0, 0.05) is 13.1 Å². The summed E-state index contributed by atoms with van der Waals surface area (Å²) in [6.45, 7) is 11.1. The highest BCUT2D eigenvalue weighted by molar-refractivity contribution is 5.69. The van der Waals surface area contributed by atoms with Crippen LogP contribution in [0.2, 0.25) is 0 Å². The van der Waals surface area contributed by atoms with Crippen LogP contribution in [0.3, 0.4) is 0 Å². The molecule has 0 saturated heterocycles. The lowest BCUT2D eigenvalue weighted by Crippen LogP contribution is -2.35. The summed E-state index contributed by atoms with van der Waals surface area (Å²) in [6, 6.07) is 0. The van der Waals surface area contributed by atoms with Crippen LogP contribution < -0.4 is 0 Å². The summed E-state index contributed by atoms with van der Waals surface area (Å²) in [6.07, 6.45) is 6.35. The maximum absolute atomic E-state index is 10.9. The summed E-state index contributed by atoms with van der Waals surface area (Å²) in [5.74, 6) is -0.351. The highest BCUT2D eigenvalue weighted by atomic mass is 16.4. The fraction of sp³-hybridized carbons (Fsp3) is 0.933. The third kappa shape index (κ3) is 9.46. The second-order valence-electron chi connectivity index (χ2n) is 5.81. The van der Waals surface area contributed by atoms with Crippen molar-refractivity contribution in [3.63, 3.8) is 0 Å². The lowest BCUT2D eigenvalue weighted by molar-refractivity contribution is -0.141. The Morgan fingerprint density at radius 3 is 2.17 bits per heavy atom. The number of carboxylic acids is 1. The fourth-order valence-electron chi connectivity index (χ4n) is 2.18. The van der Waals surface area contributed by atoms with E-state index in [1.807, 2.05) is 0 Å². The zero-order chi connectivity index (χ0) is 14.0. The first kappa shape index (κ1) is 17.4. The number of hydrogen-bond donors (Lipinski definition) is 1. The van der Waals surface area contributed by atoms with E-state index in [2.05, 4.69) is 25.7 Å². The third-order valence-electron chi connectivity index (χ3n) is 3.15. The van der Waals surface area contributed by atoms with E-state index in [0.29, 0.717) is 12.5 Å². The zero-order valence-electron chi connectivity index (χ0n) is 12.6. The van der Waals surface area contributed by atoms with Gasteiger partial charge in [-0.15, -0.1) is 0 Å². The maximum Gasteiger partial charge on any atom is 0.307 e. The molecule has 0 aliphatic carbocycles. The van der Waals surface area contributed by atoms with Crippen LogP contribution in [0.5, 0.6) is 0 Å². The second kappa shape index (κ2) is 10.4. The molecule has 0 amide bonds. The average Bonchev–Trinajstić information content (AvgIpc) is 2.27. The molecule has 3 nitrogen and oxygen atoms in total. The van der Waals surface area contributed by atoms with Gasteiger partial charge in [0.2, 0.25) is 0 Å². The lowest BCUT2D eigenvalue weighted by Gasteiger charge is -2.26. The Balaban J connectivity index is 3.95. The summed E-state index contributed by atoms with van der Waals surface area (Å²) in [5, 5.41) is 8.98. The highest BCUT2D eigenvalue weighted by Gasteiger charge is 2.16. The first-order chi connectivity index (χ1) is 8.47. The molecule has 3 heteroatoms. The van der Waals surface area contributed by atoms with Gasteiger partial charge < -0.3 is 10.0 Å². The molecule has 1 atom stereocenters. The Bertz CT molecular complexity index is 217. The number of carbonyl (C=O) groups is 1. The van der Waals surface area contributed by atoms with Crippen LogP contribution in [0.4, 0.5) is 0 Å². The van der Waals surface area contributed by atoms with E-state index < -0.39 is 5.97 Å². The van der Waals surface area contributed by atoms with Crippen LogP contribution in [0.1, 0.15) is 59.8 Å². The van der Waals surface area contributed by atoms with Gasteiger partial charge in [-0.3, -0.25) is 4.79 Å². The molecule has 0 saturated carbocycles. The molecule has 0 rings (SSSR count). The summed E-state index contributed by atoms with van der Waals surface area (Å²) < 4.78 is 0. The minimum atomic E-state index is -0.685. The molecule has 0 spiro atoms. The normalized spacial score (nSPS) is 13.2. The number of nitrogens with zero attached hydrogens (tertiary/aromatic N) is 1. The Morgan fingerprint density at radius 1 is 1.06 bits per heavy atom. The van der Waals surface area contributed by atoms with E-state index in [9.17, 15) is 4.79 Å². The molecule has 0 bridgehead atoms. The highest BCUT2D eigenvalue weighted by Crippen LogP contribution is 2.08. The number of hydrogen-bond acceptors (Lipinski definition) is 2. The number of aliphatic carboxylic acids is 1. The van der Waals surface area contributed by atoms with Gasteiger partial charge >= 0.3 is 5.97 Å². The van der Waals surface area contributed by atoms with E-state index in [0.717, 1.165) is 13.1 Å². The number of carboxylic acid groups (broad SMARTS) is 1. The van der Waals surface area contributed by atoms with Crippen molar-refractivity contribution in [2.45, 2.75) is 59.8 Å². The quantitative estimate of drug-likeness (QED) is 0.575. The smallest absolute Gasteiger partial charge is 0.307 e. The van der Waals surface area contributed by atoms with Gasteiger partial charge in [-0.1, -0.05) is 53.4 Å². The molecule has 0 radical (unpaired) electrons. The predicted octanol–water partition coefficient (Wildman–Crippen LogP) is 3.64. The number of rotatable bonds is 11. The Morgan fingerprint density at radius 2 is 1.67 bits per heavy atom. The average molecular weight is 257 g/mol. The molecule has 108 valence electrons. The Kier molecular flexibility index (Phi) is 10.0. The molecule has 18 heavy (non-hydrogen) atoms. The molecular formula is C15H31NO2. The monoisotopic (exact) mass is 257 g/mol. The predicted molar refractivity (Wildman–Crippen MR) is 76.8 cm³/mol. The molecular weight excluding hydrogens is 226 g/mol. The van der Waals surface area contributed by atoms with Crippen molar-refractivity contribution in [2.24, 2.45) is 11.8 Å². The third-order valence-corrected chi connectivity index (χ3v) is 3.15. The van der Waals surface area contributed by atoms with E-state index in [1.165, 1.54) is 32.1 Å². The lowest BCUT2D eigenvalue weighted by atomic mass is 10.1. The van der Waals surface area contributed by atoms with Gasteiger partial charge in [-0.25, -0.2) is 0 Å². The molecule has 1 unspecified atom stereocenters. The maximum atomic E-state index is 10.9. The second-order valence-corrected chi connectivity index (χ2v) is 5.81. The largest absolute Gasteiger partial charge is 0.481 e. The van der Waals surface area contributed by atoms with E-state index >= 15 is 0 Å². The topological polar surface area (TPSA) is 40.5 Å². The van der Waals surface area contributed by atoms with Gasteiger partial charge in [-0.05, 0) is 18.9 Å². The van der Waals surface area contributed by atoms with E-state index in [-0.39, 0.29) is 5.92 Å². The van der Waals surface area contributed by atoms with Crippen molar-refractivity contribution < 1.29 is 9.90 Å². The van der Waals surface area contributed by atoms with Crippen LogP contribution in [-0.2, 0) is 4.79 Å². The summed E-state index contributed by atoms with van der Waals surface area (Å²) in [7, 11) is 0. The first-order valence-corrected chi connectivity index (χ1v) is 7.42. The van der Waals surface area contributed by atoms with Crippen LogP contribution in [-0.4, -0.2) is 35.6 Å². The Labute approximate surface area is 113 Å². The van der Waals surface area contributed by atoms with Crippen LogP contribution in [0.25, 0.3) is 0 Å². The van der Waals surface area contributed by atoms with E-state index in [1.54, 1.807) is 6.92 Å². The van der Waals surface area contributed by atoms with Crippen molar-refractivity contribution in [3.05, 3.63) is 0 Å². The van der Waals surface area contributed by atoms with Gasteiger partial charge in [-0.2, -0.15) is 0 Å². The fourth-order valence-corrected chi connectivity index (χ4v) is 2.18. The Hall–Kier alpha value is -0.570. The van der Waals surface area contributed by atoms with Crippen LogP contribution >= 0.6 is 0 Å². The summed E-state index contributed by atoms with van der Waals surface area (Å²) >= 11 is 0. The summed E-state index contributed by atoms with van der Waals surface area (Å²) in [5.41, 5.74) is 0. The van der Waals surface area contributed by atoms with Gasteiger partial charge in [0.25, 0.3) is 0 Å². The minimum absolute atomic E-state index is 0.264. The molecule has 0 aromatic rings. The zero-order valence-corrected chi connectivity index (χ0v) is 12.6. The standard InChI is InChI=1S/C15H31NO2/c1-5-6-7-8-9-10-16(11-13(2)3)12-14(4)15(17)18/h13-14H,5-12H2,1-4H3,(H,17,18).